The number of amides is 2. The Morgan fingerprint density at radius 1 is 1.17 bits per heavy atom. The van der Waals surface area contributed by atoms with Crippen LogP contribution in [-0.2, 0) is 4.79 Å². The Morgan fingerprint density at radius 2 is 1.83 bits per heavy atom. The summed E-state index contributed by atoms with van der Waals surface area (Å²) < 4.78 is 10.8. The van der Waals surface area contributed by atoms with Crippen molar-refractivity contribution in [2.75, 3.05) is 39.9 Å². The Hall–Kier alpha value is -2.50. The maximum atomic E-state index is 12.6. The monoisotopic (exact) mass is 318 g/mol. The van der Waals surface area contributed by atoms with Crippen LogP contribution in [0.1, 0.15) is 17.3 Å². The van der Waals surface area contributed by atoms with Crippen molar-refractivity contribution in [2.45, 2.75) is 6.92 Å². The maximum Gasteiger partial charge on any atom is 0.254 e. The second-order valence-corrected chi connectivity index (χ2v) is 5.26. The highest BCUT2D eigenvalue weighted by molar-refractivity contribution is 5.95. The number of carbonyl (C=O) groups is 2. The van der Waals surface area contributed by atoms with Gasteiger partial charge in [0, 0.05) is 38.7 Å². The first-order valence-electron chi connectivity index (χ1n) is 7.53. The van der Waals surface area contributed by atoms with Crippen LogP contribution in [0.25, 0.3) is 0 Å². The highest BCUT2D eigenvalue weighted by atomic mass is 16.5. The molecule has 23 heavy (non-hydrogen) atoms. The first kappa shape index (κ1) is 16.9. The van der Waals surface area contributed by atoms with Gasteiger partial charge in [0.2, 0.25) is 5.91 Å². The summed E-state index contributed by atoms with van der Waals surface area (Å²) in [5.41, 5.74) is 0.545. The molecule has 6 heteroatoms. The van der Waals surface area contributed by atoms with E-state index >= 15 is 0 Å². The van der Waals surface area contributed by atoms with Crippen molar-refractivity contribution in [3.63, 3.8) is 0 Å². The van der Waals surface area contributed by atoms with Gasteiger partial charge in [-0.3, -0.25) is 9.59 Å². The lowest BCUT2D eigenvalue weighted by Gasteiger charge is -2.34. The first-order chi connectivity index (χ1) is 11.1. The molecule has 1 saturated heterocycles. The molecule has 0 N–H and O–H groups in total. The average molecular weight is 318 g/mol. The third-order valence-electron chi connectivity index (χ3n) is 3.78. The predicted octanol–water partition coefficient (Wildman–Crippen LogP) is 1.56. The normalized spacial score (nSPS) is 14.3. The predicted molar refractivity (Wildman–Crippen MR) is 86.8 cm³/mol. The fourth-order valence-corrected chi connectivity index (χ4v) is 2.48. The van der Waals surface area contributed by atoms with E-state index in [-0.39, 0.29) is 11.8 Å². The number of piperazine rings is 1. The van der Waals surface area contributed by atoms with Crippen molar-refractivity contribution < 1.29 is 19.1 Å². The van der Waals surface area contributed by atoms with Crippen molar-refractivity contribution in [1.29, 1.82) is 0 Å². The fourth-order valence-electron chi connectivity index (χ4n) is 2.48. The van der Waals surface area contributed by atoms with Gasteiger partial charge in [0.15, 0.2) is 11.5 Å². The molecule has 0 spiro atoms. The van der Waals surface area contributed by atoms with E-state index in [2.05, 4.69) is 6.58 Å². The molecular formula is C17H22N2O4. The van der Waals surface area contributed by atoms with Gasteiger partial charge < -0.3 is 19.3 Å². The molecule has 2 amide bonds. The molecule has 1 aromatic rings. The smallest absolute Gasteiger partial charge is 0.254 e. The molecule has 0 atom stereocenters. The summed E-state index contributed by atoms with van der Waals surface area (Å²) in [7, 11) is 1.54. The summed E-state index contributed by atoms with van der Waals surface area (Å²) in [6.07, 6.45) is 1.65. The van der Waals surface area contributed by atoms with Crippen LogP contribution in [0.15, 0.2) is 30.9 Å². The van der Waals surface area contributed by atoms with Crippen molar-refractivity contribution in [2.24, 2.45) is 0 Å². The van der Waals surface area contributed by atoms with Gasteiger partial charge >= 0.3 is 0 Å². The fraction of sp³-hybridized carbons (Fsp3) is 0.412. The maximum absolute atomic E-state index is 12.6. The molecule has 0 aliphatic carbocycles. The van der Waals surface area contributed by atoms with Crippen molar-refractivity contribution >= 4 is 11.8 Å². The van der Waals surface area contributed by atoms with Crippen LogP contribution in [0, 0.1) is 0 Å². The molecule has 1 fully saturated rings. The molecule has 124 valence electrons. The summed E-state index contributed by atoms with van der Waals surface area (Å²) in [5, 5.41) is 0. The van der Waals surface area contributed by atoms with E-state index in [0.717, 1.165) is 0 Å². The van der Waals surface area contributed by atoms with E-state index < -0.39 is 0 Å². The number of ether oxygens (including phenoxy) is 2. The SMILES string of the molecule is C=CCOc1ccc(C(=O)N2CCN(C(C)=O)CC2)cc1OC. The van der Waals surface area contributed by atoms with Gasteiger partial charge in [-0.1, -0.05) is 12.7 Å². The topological polar surface area (TPSA) is 59.1 Å². The molecule has 0 saturated carbocycles. The van der Waals surface area contributed by atoms with Gasteiger partial charge in [0.05, 0.1) is 7.11 Å². The molecule has 1 aliphatic rings. The number of methoxy groups -OCH3 is 1. The zero-order chi connectivity index (χ0) is 16.8. The van der Waals surface area contributed by atoms with Gasteiger partial charge in [0.1, 0.15) is 6.61 Å². The van der Waals surface area contributed by atoms with E-state index in [9.17, 15) is 9.59 Å². The van der Waals surface area contributed by atoms with Crippen molar-refractivity contribution in [3.8, 4) is 11.5 Å². The quantitative estimate of drug-likeness (QED) is 0.773. The summed E-state index contributed by atoms with van der Waals surface area (Å²) in [5.74, 6) is 1.06. The van der Waals surface area contributed by atoms with E-state index in [4.69, 9.17) is 9.47 Å². The number of hydrogen-bond donors (Lipinski definition) is 0. The van der Waals surface area contributed by atoms with Gasteiger partial charge in [-0.15, -0.1) is 0 Å². The lowest BCUT2D eigenvalue weighted by Crippen LogP contribution is -2.50. The molecule has 6 nitrogen and oxygen atoms in total. The van der Waals surface area contributed by atoms with Crippen molar-refractivity contribution in [1.82, 2.24) is 9.80 Å². The molecule has 0 bridgehead atoms. The lowest BCUT2D eigenvalue weighted by molar-refractivity contribution is -0.130. The molecule has 1 aromatic carbocycles. The van der Waals surface area contributed by atoms with Crippen LogP contribution in [0.3, 0.4) is 0 Å². The minimum Gasteiger partial charge on any atom is -0.493 e. The van der Waals surface area contributed by atoms with Gasteiger partial charge in [-0.05, 0) is 18.2 Å². The molecule has 1 aliphatic heterocycles. The van der Waals surface area contributed by atoms with E-state index in [0.29, 0.717) is 49.8 Å². The highest BCUT2D eigenvalue weighted by Gasteiger charge is 2.24. The standard InChI is InChI=1S/C17H22N2O4/c1-4-11-23-15-6-5-14(12-16(15)22-3)17(21)19-9-7-18(8-10-19)13(2)20/h4-6,12H,1,7-11H2,2-3H3. The molecule has 0 unspecified atom stereocenters. The van der Waals surface area contributed by atoms with Crippen LogP contribution < -0.4 is 9.47 Å². The van der Waals surface area contributed by atoms with Gasteiger partial charge in [-0.2, -0.15) is 0 Å². The van der Waals surface area contributed by atoms with E-state index in [1.807, 2.05) is 0 Å². The Bertz CT molecular complexity index is 592. The van der Waals surface area contributed by atoms with Crippen LogP contribution >= 0.6 is 0 Å². The average Bonchev–Trinajstić information content (AvgIpc) is 2.59. The summed E-state index contributed by atoms with van der Waals surface area (Å²) in [4.78, 5) is 27.4. The Morgan fingerprint density at radius 3 is 2.39 bits per heavy atom. The second kappa shape index (κ2) is 7.67. The number of carbonyl (C=O) groups excluding carboxylic acids is 2. The highest BCUT2D eigenvalue weighted by Crippen LogP contribution is 2.28. The summed E-state index contributed by atoms with van der Waals surface area (Å²) >= 11 is 0. The van der Waals surface area contributed by atoms with Crippen LogP contribution in [0.2, 0.25) is 0 Å². The molecule has 2 rings (SSSR count). The minimum absolute atomic E-state index is 0.0440. The molecular weight excluding hydrogens is 296 g/mol. The van der Waals surface area contributed by atoms with E-state index in [1.165, 1.54) is 7.11 Å². The number of benzene rings is 1. The Labute approximate surface area is 136 Å². The first-order valence-corrected chi connectivity index (χ1v) is 7.53. The van der Waals surface area contributed by atoms with Gasteiger partial charge in [-0.25, -0.2) is 0 Å². The Balaban J connectivity index is 2.07. The third kappa shape index (κ3) is 4.03. The summed E-state index contributed by atoms with van der Waals surface area (Å²) in [6.45, 7) is 7.73. The minimum atomic E-state index is -0.0678. The molecule has 0 aromatic heterocycles. The number of hydrogen-bond acceptors (Lipinski definition) is 4. The lowest BCUT2D eigenvalue weighted by atomic mass is 10.1. The number of rotatable bonds is 5. The Kier molecular flexibility index (Phi) is 5.62. The molecule has 0 radical (unpaired) electrons. The summed E-state index contributed by atoms with van der Waals surface area (Å²) in [6, 6.07) is 5.13. The van der Waals surface area contributed by atoms with E-state index in [1.54, 1.807) is 41.0 Å². The third-order valence-corrected chi connectivity index (χ3v) is 3.78. The van der Waals surface area contributed by atoms with Gasteiger partial charge in [0.25, 0.3) is 5.91 Å². The zero-order valence-electron chi connectivity index (χ0n) is 13.6. The van der Waals surface area contributed by atoms with Crippen LogP contribution in [-0.4, -0.2) is 61.5 Å². The number of nitrogens with zero attached hydrogens (tertiary/aromatic N) is 2. The zero-order valence-corrected chi connectivity index (χ0v) is 13.6. The second-order valence-electron chi connectivity index (χ2n) is 5.26. The molecule has 1 heterocycles. The van der Waals surface area contributed by atoms with Crippen molar-refractivity contribution in [3.05, 3.63) is 36.4 Å². The largest absolute Gasteiger partial charge is 0.493 e. The van der Waals surface area contributed by atoms with Crippen LogP contribution in [0.5, 0.6) is 11.5 Å². The van der Waals surface area contributed by atoms with Crippen LogP contribution in [0.4, 0.5) is 0 Å².